The summed E-state index contributed by atoms with van der Waals surface area (Å²) in [4.78, 5) is 27.1. The van der Waals surface area contributed by atoms with Crippen molar-refractivity contribution in [1.82, 2.24) is 4.98 Å². The van der Waals surface area contributed by atoms with Crippen molar-refractivity contribution in [3.63, 3.8) is 0 Å². The molecular weight excluding hydrogens is 364 g/mol. The van der Waals surface area contributed by atoms with Gasteiger partial charge < -0.3 is 26.3 Å². The van der Waals surface area contributed by atoms with Crippen LogP contribution in [0.2, 0.25) is 0 Å². The Morgan fingerprint density at radius 2 is 1.86 bits per heavy atom. The van der Waals surface area contributed by atoms with Crippen LogP contribution in [0.3, 0.4) is 0 Å². The molecule has 0 atom stereocenters. The van der Waals surface area contributed by atoms with E-state index in [9.17, 15) is 9.59 Å². The van der Waals surface area contributed by atoms with E-state index < -0.39 is 12.1 Å². The molecule has 1 amide bonds. The molecule has 0 radical (unpaired) electrons. The van der Waals surface area contributed by atoms with Crippen LogP contribution in [0.5, 0.6) is 5.75 Å². The largest absolute Gasteiger partial charge is 0.513 e. The van der Waals surface area contributed by atoms with E-state index in [1.165, 1.54) is 6.07 Å². The quantitative estimate of drug-likeness (QED) is 0.375. The Hall–Kier alpha value is -3.53. The summed E-state index contributed by atoms with van der Waals surface area (Å²) in [5.41, 5.74) is 11.7. The molecule has 1 heterocycles. The molecule has 0 spiro atoms. The molecule has 2 rings (SSSR count). The zero-order valence-corrected chi connectivity index (χ0v) is 15.6. The average molecular weight is 386 g/mol. The topological polar surface area (TPSA) is 154 Å². The summed E-state index contributed by atoms with van der Waals surface area (Å²) in [6, 6.07) is 9.65. The van der Waals surface area contributed by atoms with E-state index >= 15 is 0 Å². The number of amides is 1. The van der Waals surface area contributed by atoms with E-state index in [1.54, 1.807) is 30.3 Å². The summed E-state index contributed by atoms with van der Waals surface area (Å²) in [7, 11) is 0. The second-order valence-electron chi connectivity index (χ2n) is 6.08. The minimum Gasteiger partial charge on any atom is -0.434 e. The van der Waals surface area contributed by atoms with Gasteiger partial charge in [0, 0.05) is 0 Å². The highest BCUT2D eigenvalue weighted by atomic mass is 16.7. The Morgan fingerprint density at radius 1 is 1.14 bits per heavy atom. The van der Waals surface area contributed by atoms with Crippen molar-refractivity contribution in [2.24, 2.45) is 21.9 Å². The fourth-order valence-corrected chi connectivity index (χ4v) is 1.90. The van der Waals surface area contributed by atoms with Crippen LogP contribution in [-0.4, -0.2) is 30.2 Å². The number of hydrogen-bond acceptors (Lipinski definition) is 9. The van der Waals surface area contributed by atoms with Gasteiger partial charge in [0.15, 0.2) is 11.6 Å². The second-order valence-corrected chi connectivity index (χ2v) is 6.08. The van der Waals surface area contributed by atoms with Crippen LogP contribution in [-0.2, 0) is 9.53 Å². The van der Waals surface area contributed by atoms with Crippen molar-refractivity contribution in [3.05, 3.63) is 36.4 Å². The molecule has 5 N–H and O–H groups in total. The highest BCUT2D eigenvalue weighted by Crippen LogP contribution is 2.30. The number of nitrogens with one attached hydrogen (secondary N) is 1. The third kappa shape index (κ3) is 6.32. The Kier molecular flexibility index (Phi) is 7.40. The van der Waals surface area contributed by atoms with Gasteiger partial charge in [-0.3, -0.25) is 4.79 Å². The van der Waals surface area contributed by atoms with E-state index in [-0.39, 0.29) is 42.1 Å². The highest BCUT2D eigenvalue weighted by molar-refractivity contribution is 5.91. The van der Waals surface area contributed by atoms with Crippen molar-refractivity contribution in [3.8, 4) is 5.75 Å². The van der Waals surface area contributed by atoms with Crippen LogP contribution in [0.25, 0.3) is 0 Å². The second kappa shape index (κ2) is 9.97. The maximum absolute atomic E-state index is 11.8. The predicted molar refractivity (Wildman–Crippen MR) is 104 cm³/mol. The molecule has 2 aromatic rings. The van der Waals surface area contributed by atoms with Gasteiger partial charge in [-0.2, -0.15) is 0 Å². The summed E-state index contributed by atoms with van der Waals surface area (Å²) < 4.78 is 10.2. The van der Waals surface area contributed by atoms with Gasteiger partial charge in [0.05, 0.1) is 13.2 Å². The first kappa shape index (κ1) is 20.8. The van der Waals surface area contributed by atoms with E-state index in [4.69, 9.17) is 20.9 Å². The maximum Gasteiger partial charge on any atom is 0.513 e. The van der Waals surface area contributed by atoms with E-state index in [0.717, 1.165) is 0 Å². The monoisotopic (exact) mass is 386 g/mol. The number of ether oxygens (including phenoxy) is 2. The van der Waals surface area contributed by atoms with Crippen LogP contribution in [0.15, 0.2) is 46.6 Å². The van der Waals surface area contributed by atoms with Crippen molar-refractivity contribution < 1.29 is 19.1 Å². The molecule has 0 aliphatic carbocycles. The summed E-state index contributed by atoms with van der Waals surface area (Å²) in [5, 5.41) is 10.6. The number of carbonyl (C=O) groups is 2. The lowest BCUT2D eigenvalue weighted by Crippen LogP contribution is -2.22. The standard InChI is InChI=1S/C18H22N6O4/c1-11(2)10-27-18(26)28-14-6-4-3-5-12(14)23-24-13-7-8-15(22-17(13)20)21-16(25)9-19/h3-8,11H,9-10,19H2,1-2H3,(H3,20,21,22,25)/b24-23+. The van der Waals surface area contributed by atoms with Gasteiger partial charge >= 0.3 is 6.16 Å². The number of carbonyl (C=O) groups excluding carboxylic acids is 2. The molecular formula is C18H22N6O4. The van der Waals surface area contributed by atoms with E-state index in [0.29, 0.717) is 5.69 Å². The first-order valence-corrected chi connectivity index (χ1v) is 8.51. The van der Waals surface area contributed by atoms with Gasteiger partial charge in [-0.25, -0.2) is 9.78 Å². The number of anilines is 2. The smallest absolute Gasteiger partial charge is 0.434 e. The van der Waals surface area contributed by atoms with Gasteiger partial charge in [-0.05, 0) is 30.2 Å². The van der Waals surface area contributed by atoms with Crippen LogP contribution in [0.1, 0.15) is 13.8 Å². The minimum atomic E-state index is -0.822. The minimum absolute atomic E-state index is 0.0633. The average Bonchev–Trinajstić information content (AvgIpc) is 2.66. The Balaban J connectivity index is 2.12. The molecule has 1 aromatic heterocycles. The van der Waals surface area contributed by atoms with Crippen LogP contribution < -0.4 is 21.5 Å². The molecule has 28 heavy (non-hydrogen) atoms. The molecule has 0 saturated heterocycles. The van der Waals surface area contributed by atoms with Gasteiger partial charge in [-0.1, -0.05) is 26.0 Å². The number of benzene rings is 1. The van der Waals surface area contributed by atoms with Crippen molar-refractivity contribution in [1.29, 1.82) is 0 Å². The lowest BCUT2D eigenvalue weighted by Gasteiger charge is -2.09. The predicted octanol–water partition coefficient (Wildman–Crippen LogP) is 3.15. The van der Waals surface area contributed by atoms with Gasteiger partial charge in [0.1, 0.15) is 17.2 Å². The van der Waals surface area contributed by atoms with Gasteiger partial charge in [0.25, 0.3) is 0 Å². The Morgan fingerprint density at radius 3 is 2.54 bits per heavy atom. The van der Waals surface area contributed by atoms with E-state index in [2.05, 4.69) is 20.5 Å². The molecule has 10 nitrogen and oxygen atoms in total. The first-order valence-electron chi connectivity index (χ1n) is 8.51. The fraction of sp³-hybridized carbons (Fsp3) is 0.278. The summed E-state index contributed by atoms with van der Waals surface area (Å²) in [6.45, 7) is 3.92. The molecule has 1 aromatic carbocycles. The summed E-state index contributed by atoms with van der Waals surface area (Å²) >= 11 is 0. The van der Waals surface area contributed by atoms with Crippen molar-refractivity contribution in [2.45, 2.75) is 13.8 Å². The number of aromatic nitrogens is 1. The van der Waals surface area contributed by atoms with Crippen molar-refractivity contribution >= 4 is 35.1 Å². The Bertz CT molecular complexity index is 869. The molecule has 0 saturated carbocycles. The molecule has 0 aliphatic heterocycles. The van der Waals surface area contributed by atoms with Crippen LogP contribution in [0.4, 0.5) is 27.8 Å². The number of hydrogen-bond donors (Lipinski definition) is 3. The van der Waals surface area contributed by atoms with Gasteiger partial charge in [0.2, 0.25) is 5.91 Å². The number of para-hydroxylation sites is 1. The van der Waals surface area contributed by atoms with E-state index in [1.807, 2.05) is 13.8 Å². The maximum atomic E-state index is 11.8. The Labute approximate surface area is 161 Å². The molecule has 0 fully saturated rings. The van der Waals surface area contributed by atoms with Crippen LogP contribution in [0, 0.1) is 5.92 Å². The molecule has 0 unspecified atom stereocenters. The zero-order chi connectivity index (χ0) is 20.5. The lowest BCUT2D eigenvalue weighted by atomic mass is 10.2. The number of nitrogen functional groups attached to an aromatic ring is 1. The normalized spacial score (nSPS) is 10.9. The number of rotatable bonds is 7. The number of pyridine rings is 1. The van der Waals surface area contributed by atoms with Crippen LogP contribution >= 0.6 is 0 Å². The summed E-state index contributed by atoms with van der Waals surface area (Å²) in [5.74, 6) is 0.308. The van der Waals surface area contributed by atoms with Gasteiger partial charge in [-0.15, -0.1) is 10.2 Å². The molecule has 0 bridgehead atoms. The molecule has 0 aliphatic rings. The zero-order valence-electron chi connectivity index (χ0n) is 15.6. The molecule has 148 valence electrons. The number of azo groups is 1. The summed E-state index contributed by atoms with van der Waals surface area (Å²) in [6.07, 6.45) is -0.822. The SMILES string of the molecule is CC(C)COC(=O)Oc1ccccc1/N=N/c1ccc(NC(=O)CN)nc1N. The first-order chi connectivity index (χ1) is 13.4. The third-order valence-electron chi connectivity index (χ3n) is 3.21. The third-order valence-corrected chi connectivity index (χ3v) is 3.21. The highest BCUT2D eigenvalue weighted by Gasteiger charge is 2.11. The number of nitrogens with two attached hydrogens (primary N) is 2. The number of nitrogens with zero attached hydrogens (tertiary/aromatic N) is 3. The molecule has 10 heteroatoms. The lowest BCUT2D eigenvalue weighted by molar-refractivity contribution is -0.114. The van der Waals surface area contributed by atoms with Crippen molar-refractivity contribution in [2.75, 3.05) is 24.2 Å². The fourth-order valence-electron chi connectivity index (χ4n) is 1.90.